The minimum Gasteiger partial charge on any atom is -0.286 e. The van der Waals surface area contributed by atoms with Gasteiger partial charge in [0, 0.05) is 0 Å². The van der Waals surface area contributed by atoms with Gasteiger partial charge in [-0.15, -0.1) is 0 Å². The molecule has 62 valence electrons. The number of hydrogen-bond acceptors (Lipinski definition) is 3. The molecular formula is C5H12O3S2. The van der Waals surface area contributed by atoms with E-state index < -0.39 is 10.1 Å². The summed E-state index contributed by atoms with van der Waals surface area (Å²) < 4.78 is 28.5. The zero-order valence-electron chi connectivity index (χ0n) is 5.65. The maximum atomic E-state index is 10.1. The quantitative estimate of drug-likeness (QED) is 0.380. The first-order chi connectivity index (χ1) is 4.56. The molecule has 0 unspecified atom stereocenters. The van der Waals surface area contributed by atoms with E-state index >= 15 is 0 Å². The van der Waals surface area contributed by atoms with Gasteiger partial charge in [-0.1, -0.05) is 6.42 Å². The molecule has 0 radical (unpaired) electrons. The van der Waals surface area contributed by atoms with Crippen LogP contribution in [0.4, 0.5) is 0 Å². The van der Waals surface area contributed by atoms with Crippen molar-refractivity contribution in [3.05, 3.63) is 0 Å². The van der Waals surface area contributed by atoms with Crippen molar-refractivity contribution in [1.82, 2.24) is 0 Å². The topological polar surface area (TPSA) is 54.4 Å². The van der Waals surface area contributed by atoms with Crippen LogP contribution in [-0.2, 0) is 10.1 Å². The van der Waals surface area contributed by atoms with Crippen LogP contribution in [0, 0.1) is 0 Å². The van der Waals surface area contributed by atoms with Crippen LogP contribution in [0.1, 0.15) is 19.3 Å². The fourth-order valence-corrected chi connectivity index (χ4v) is 1.37. The highest BCUT2D eigenvalue weighted by atomic mass is 32.2. The van der Waals surface area contributed by atoms with E-state index in [4.69, 9.17) is 4.55 Å². The van der Waals surface area contributed by atoms with Gasteiger partial charge in [0.1, 0.15) is 0 Å². The lowest BCUT2D eigenvalue weighted by Crippen LogP contribution is -2.03. The average molecular weight is 184 g/mol. The molecule has 0 fully saturated rings. The summed E-state index contributed by atoms with van der Waals surface area (Å²) in [6.07, 6.45) is 2.24. The van der Waals surface area contributed by atoms with E-state index in [1.54, 1.807) is 0 Å². The Labute approximate surface area is 67.0 Å². The fraction of sp³-hybridized carbons (Fsp3) is 1.00. The van der Waals surface area contributed by atoms with Gasteiger partial charge in [-0.3, -0.25) is 4.55 Å². The number of hydrogen-bond donors (Lipinski definition) is 2. The summed E-state index contributed by atoms with van der Waals surface area (Å²) in [6.45, 7) is 0. The largest absolute Gasteiger partial charge is 0.286 e. The zero-order valence-corrected chi connectivity index (χ0v) is 7.37. The molecule has 0 saturated heterocycles. The van der Waals surface area contributed by atoms with Gasteiger partial charge >= 0.3 is 0 Å². The molecule has 0 saturated carbocycles. The highest BCUT2D eigenvalue weighted by Gasteiger charge is 2.01. The second-order valence-corrected chi connectivity index (χ2v) is 4.09. The van der Waals surface area contributed by atoms with Crippen molar-refractivity contribution < 1.29 is 13.0 Å². The highest BCUT2D eigenvalue weighted by molar-refractivity contribution is 7.85. The normalized spacial score (nSPS) is 11.8. The van der Waals surface area contributed by atoms with Crippen molar-refractivity contribution in [3.8, 4) is 0 Å². The van der Waals surface area contributed by atoms with Gasteiger partial charge in [0.15, 0.2) is 0 Å². The molecule has 0 aromatic rings. The summed E-state index contributed by atoms with van der Waals surface area (Å²) in [7, 11) is -3.73. The van der Waals surface area contributed by atoms with E-state index in [0.29, 0.717) is 6.42 Å². The second kappa shape index (κ2) is 4.98. The predicted octanol–water partition coefficient (Wildman–Crippen LogP) is 0.974. The molecule has 0 aromatic heterocycles. The Morgan fingerprint density at radius 2 is 1.80 bits per heavy atom. The van der Waals surface area contributed by atoms with Crippen molar-refractivity contribution in [1.29, 1.82) is 0 Å². The molecule has 0 rings (SSSR count). The van der Waals surface area contributed by atoms with E-state index in [2.05, 4.69) is 12.6 Å². The number of thiol groups is 1. The van der Waals surface area contributed by atoms with E-state index in [1.165, 1.54) is 0 Å². The highest BCUT2D eigenvalue weighted by Crippen LogP contribution is 1.98. The molecule has 0 aromatic carbocycles. The summed E-state index contributed by atoms with van der Waals surface area (Å²) in [5.41, 5.74) is 0. The molecule has 5 heteroatoms. The van der Waals surface area contributed by atoms with E-state index in [-0.39, 0.29) is 5.75 Å². The first-order valence-corrected chi connectivity index (χ1v) is 5.36. The lowest BCUT2D eigenvalue weighted by atomic mass is 10.3. The Hall–Kier alpha value is 0.260. The lowest BCUT2D eigenvalue weighted by molar-refractivity contribution is 0.480. The van der Waals surface area contributed by atoms with Crippen molar-refractivity contribution in [2.24, 2.45) is 0 Å². The summed E-state index contributed by atoms with van der Waals surface area (Å²) in [6, 6.07) is 0. The first-order valence-electron chi connectivity index (χ1n) is 3.12. The third-order valence-corrected chi connectivity index (χ3v) is 2.18. The monoisotopic (exact) mass is 184 g/mol. The minimum absolute atomic E-state index is 0.124. The maximum absolute atomic E-state index is 10.1. The van der Waals surface area contributed by atoms with Gasteiger partial charge in [0.05, 0.1) is 5.75 Å². The van der Waals surface area contributed by atoms with Crippen molar-refractivity contribution in [2.45, 2.75) is 19.3 Å². The molecule has 0 aliphatic heterocycles. The molecule has 1 N–H and O–H groups in total. The molecule has 0 aliphatic carbocycles. The van der Waals surface area contributed by atoms with Crippen molar-refractivity contribution in [3.63, 3.8) is 0 Å². The van der Waals surface area contributed by atoms with Crippen LogP contribution in [0.2, 0.25) is 0 Å². The van der Waals surface area contributed by atoms with Crippen molar-refractivity contribution in [2.75, 3.05) is 11.5 Å². The predicted molar refractivity (Wildman–Crippen MR) is 44.1 cm³/mol. The molecule has 0 atom stereocenters. The Balaban J connectivity index is 3.21. The summed E-state index contributed by atoms with van der Waals surface area (Å²) in [5, 5.41) is 0. The van der Waals surface area contributed by atoms with Gasteiger partial charge in [0.25, 0.3) is 10.1 Å². The van der Waals surface area contributed by atoms with Crippen molar-refractivity contribution >= 4 is 22.7 Å². The van der Waals surface area contributed by atoms with Crippen LogP contribution in [-0.4, -0.2) is 24.5 Å². The van der Waals surface area contributed by atoms with Gasteiger partial charge in [-0.05, 0) is 18.6 Å². The van der Waals surface area contributed by atoms with Gasteiger partial charge in [-0.25, -0.2) is 0 Å². The molecule has 0 amide bonds. The lowest BCUT2D eigenvalue weighted by Gasteiger charge is -1.94. The van der Waals surface area contributed by atoms with Gasteiger partial charge in [-0.2, -0.15) is 21.0 Å². The first kappa shape index (κ1) is 10.3. The molecule has 3 nitrogen and oxygen atoms in total. The van der Waals surface area contributed by atoms with E-state index in [1.807, 2.05) is 0 Å². The molecule has 0 bridgehead atoms. The van der Waals surface area contributed by atoms with Crippen LogP contribution in [0.15, 0.2) is 0 Å². The minimum atomic E-state index is -3.73. The van der Waals surface area contributed by atoms with Gasteiger partial charge < -0.3 is 0 Å². The van der Waals surface area contributed by atoms with Crippen LogP contribution in [0.5, 0.6) is 0 Å². The Morgan fingerprint density at radius 3 is 2.20 bits per heavy atom. The molecular weight excluding hydrogens is 172 g/mol. The second-order valence-electron chi connectivity index (χ2n) is 2.07. The van der Waals surface area contributed by atoms with Crippen LogP contribution < -0.4 is 0 Å². The maximum Gasteiger partial charge on any atom is 0.264 e. The summed E-state index contributed by atoms with van der Waals surface area (Å²) in [5.74, 6) is 0.645. The molecule has 0 aliphatic rings. The standard InChI is InChI=1S/C5H12O3S2/c6-10(7,8)5-3-1-2-4-9/h9H,1-5H2,(H,6,7,8). The third kappa shape index (κ3) is 8.26. The molecule has 10 heavy (non-hydrogen) atoms. The smallest absolute Gasteiger partial charge is 0.264 e. The van der Waals surface area contributed by atoms with E-state index in [0.717, 1.165) is 18.6 Å². The van der Waals surface area contributed by atoms with Crippen LogP contribution in [0.3, 0.4) is 0 Å². The molecule has 0 heterocycles. The Bertz CT molecular complexity index is 162. The van der Waals surface area contributed by atoms with Gasteiger partial charge in [0.2, 0.25) is 0 Å². The van der Waals surface area contributed by atoms with Crippen LogP contribution >= 0.6 is 12.6 Å². The Kier molecular flexibility index (Phi) is 5.11. The third-order valence-electron chi connectivity index (χ3n) is 1.06. The zero-order chi connectivity index (χ0) is 8.04. The summed E-state index contributed by atoms with van der Waals surface area (Å²) >= 11 is 3.95. The Morgan fingerprint density at radius 1 is 1.20 bits per heavy atom. The summed E-state index contributed by atoms with van der Waals surface area (Å²) in [4.78, 5) is 0. The fourth-order valence-electron chi connectivity index (χ4n) is 0.573. The van der Waals surface area contributed by atoms with Crippen LogP contribution in [0.25, 0.3) is 0 Å². The average Bonchev–Trinajstić information content (AvgIpc) is 1.78. The molecule has 0 spiro atoms. The van der Waals surface area contributed by atoms with E-state index in [9.17, 15) is 8.42 Å². The number of unbranched alkanes of at least 4 members (excludes halogenated alkanes) is 2. The number of rotatable bonds is 5. The SMILES string of the molecule is O=S(=O)(O)CCCCCS.